The van der Waals surface area contributed by atoms with Gasteiger partial charge in [0.25, 0.3) is 0 Å². The second kappa shape index (κ2) is 5.32. The molecule has 0 aliphatic carbocycles. The van der Waals surface area contributed by atoms with Crippen LogP contribution in [-0.2, 0) is 4.74 Å². The van der Waals surface area contributed by atoms with E-state index in [-0.39, 0.29) is 11.7 Å². The molecular weight excluding hydrogens is 270 g/mol. The van der Waals surface area contributed by atoms with Gasteiger partial charge in [-0.2, -0.15) is 0 Å². The SMILES string of the molecule is Fc1cccc(F)c1-c1csc(C2CNCCO2)n1. The summed E-state index contributed by atoms with van der Waals surface area (Å²) in [6.07, 6.45) is -0.137. The summed E-state index contributed by atoms with van der Waals surface area (Å²) in [6.45, 7) is 2.11. The van der Waals surface area contributed by atoms with Gasteiger partial charge in [0, 0.05) is 18.5 Å². The molecule has 3 nitrogen and oxygen atoms in total. The Morgan fingerprint density at radius 3 is 2.79 bits per heavy atom. The van der Waals surface area contributed by atoms with Crippen molar-refractivity contribution in [1.29, 1.82) is 0 Å². The monoisotopic (exact) mass is 282 g/mol. The molecule has 1 N–H and O–H groups in total. The first kappa shape index (κ1) is 12.7. The van der Waals surface area contributed by atoms with E-state index in [1.165, 1.54) is 29.5 Å². The summed E-state index contributed by atoms with van der Waals surface area (Å²) in [5.41, 5.74) is 0.249. The fraction of sp³-hybridized carbons (Fsp3) is 0.308. The molecule has 0 amide bonds. The van der Waals surface area contributed by atoms with Crippen LogP contribution in [0.2, 0.25) is 0 Å². The maximum absolute atomic E-state index is 13.7. The molecule has 100 valence electrons. The largest absolute Gasteiger partial charge is 0.368 e. The Kier molecular flexibility index (Phi) is 3.54. The van der Waals surface area contributed by atoms with E-state index in [9.17, 15) is 8.78 Å². The molecule has 1 aliphatic rings. The minimum absolute atomic E-state index is 0.0752. The molecule has 0 bridgehead atoms. The van der Waals surface area contributed by atoms with Gasteiger partial charge in [0.2, 0.25) is 0 Å². The summed E-state index contributed by atoms with van der Waals surface area (Å²) in [4.78, 5) is 4.30. The lowest BCUT2D eigenvalue weighted by Crippen LogP contribution is -2.33. The van der Waals surface area contributed by atoms with Gasteiger partial charge in [-0.05, 0) is 12.1 Å². The van der Waals surface area contributed by atoms with E-state index < -0.39 is 11.6 Å². The third kappa shape index (κ3) is 2.51. The Labute approximate surface area is 113 Å². The van der Waals surface area contributed by atoms with Crippen molar-refractivity contribution in [1.82, 2.24) is 10.3 Å². The number of hydrogen-bond acceptors (Lipinski definition) is 4. The standard InChI is InChI=1S/C13H12F2N2OS/c14-8-2-1-3-9(15)12(8)10-7-19-13(17-10)11-6-16-4-5-18-11/h1-3,7,11,16H,4-6H2. The first-order valence-electron chi connectivity index (χ1n) is 5.98. The van der Waals surface area contributed by atoms with Gasteiger partial charge >= 0.3 is 0 Å². The van der Waals surface area contributed by atoms with Gasteiger partial charge in [0.05, 0.1) is 17.9 Å². The number of thiazole rings is 1. The van der Waals surface area contributed by atoms with Crippen molar-refractivity contribution < 1.29 is 13.5 Å². The second-order valence-corrected chi connectivity index (χ2v) is 5.12. The maximum atomic E-state index is 13.7. The molecular formula is C13H12F2N2OS. The number of hydrogen-bond donors (Lipinski definition) is 1. The third-order valence-corrected chi connectivity index (χ3v) is 3.88. The Balaban J connectivity index is 1.92. The molecule has 0 spiro atoms. The fourth-order valence-electron chi connectivity index (χ4n) is 2.02. The number of rotatable bonds is 2. The number of halogens is 2. The first-order chi connectivity index (χ1) is 9.25. The van der Waals surface area contributed by atoms with Gasteiger partial charge in [-0.1, -0.05) is 6.07 Å². The minimum Gasteiger partial charge on any atom is -0.368 e. The third-order valence-electron chi connectivity index (χ3n) is 2.94. The Hall–Kier alpha value is -1.37. The van der Waals surface area contributed by atoms with Crippen molar-refractivity contribution in [3.63, 3.8) is 0 Å². The van der Waals surface area contributed by atoms with E-state index in [1.54, 1.807) is 5.38 Å². The number of aromatic nitrogens is 1. The van der Waals surface area contributed by atoms with Gasteiger partial charge in [-0.3, -0.25) is 0 Å². The highest BCUT2D eigenvalue weighted by Gasteiger charge is 2.21. The van der Waals surface area contributed by atoms with E-state index in [0.717, 1.165) is 11.6 Å². The van der Waals surface area contributed by atoms with Gasteiger partial charge in [-0.15, -0.1) is 11.3 Å². The zero-order chi connectivity index (χ0) is 13.2. The predicted molar refractivity (Wildman–Crippen MR) is 69.0 cm³/mol. The summed E-state index contributed by atoms with van der Waals surface area (Å²) in [6, 6.07) is 3.81. The van der Waals surface area contributed by atoms with Crippen LogP contribution in [0.1, 0.15) is 11.1 Å². The summed E-state index contributed by atoms with van der Waals surface area (Å²) >= 11 is 1.36. The zero-order valence-electron chi connectivity index (χ0n) is 10.0. The highest BCUT2D eigenvalue weighted by Crippen LogP contribution is 2.30. The van der Waals surface area contributed by atoms with Crippen LogP contribution >= 0.6 is 11.3 Å². The average Bonchev–Trinajstić information content (AvgIpc) is 2.89. The molecule has 1 unspecified atom stereocenters. The van der Waals surface area contributed by atoms with Crippen molar-refractivity contribution in [2.24, 2.45) is 0 Å². The van der Waals surface area contributed by atoms with E-state index in [4.69, 9.17) is 4.74 Å². The van der Waals surface area contributed by atoms with Gasteiger partial charge in [0.15, 0.2) is 0 Å². The summed E-state index contributed by atoms with van der Waals surface area (Å²) < 4.78 is 32.9. The lowest BCUT2D eigenvalue weighted by Gasteiger charge is -2.21. The smallest absolute Gasteiger partial charge is 0.135 e. The summed E-state index contributed by atoms with van der Waals surface area (Å²) in [5, 5.41) is 5.60. The molecule has 1 fully saturated rings. The first-order valence-corrected chi connectivity index (χ1v) is 6.86. The second-order valence-electron chi connectivity index (χ2n) is 4.23. The van der Waals surface area contributed by atoms with Crippen molar-refractivity contribution in [3.8, 4) is 11.3 Å². The Bertz CT molecular complexity index is 562. The molecule has 1 atom stereocenters. The molecule has 1 saturated heterocycles. The summed E-state index contributed by atoms with van der Waals surface area (Å²) in [5.74, 6) is -1.20. The number of morpholine rings is 1. The Morgan fingerprint density at radius 1 is 1.32 bits per heavy atom. The van der Waals surface area contributed by atoms with Crippen molar-refractivity contribution in [2.45, 2.75) is 6.10 Å². The molecule has 0 radical (unpaired) electrons. The van der Waals surface area contributed by atoms with Crippen LogP contribution in [0.5, 0.6) is 0 Å². The maximum Gasteiger partial charge on any atom is 0.135 e. The molecule has 1 aromatic heterocycles. The van der Waals surface area contributed by atoms with Crippen molar-refractivity contribution in [3.05, 3.63) is 40.2 Å². The fourth-order valence-corrected chi connectivity index (χ4v) is 2.87. The zero-order valence-corrected chi connectivity index (χ0v) is 10.8. The van der Waals surface area contributed by atoms with E-state index in [1.807, 2.05) is 0 Å². The average molecular weight is 282 g/mol. The van der Waals surface area contributed by atoms with Crippen LogP contribution in [0.3, 0.4) is 0 Å². The van der Waals surface area contributed by atoms with Gasteiger partial charge in [0.1, 0.15) is 22.7 Å². The molecule has 0 saturated carbocycles. The number of benzene rings is 1. The van der Waals surface area contributed by atoms with Crippen molar-refractivity contribution >= 4 is 11.3 Å². The van der Waals surface area contributed by atoms with Crippen LogP contribution < -0.4 is 5.32 Å². The van der Waals surface area contributed by atoms with Gasteiger partial charge in [-0.25, -0.2) is 13.8 Å². The quantitative estimate of drug-likeness (QED) is 0.919. The van der Waals surface area contributed by atoms with E-state index >= 15 is 0 Å². The van der Waals surface area contributed by atoms with E-state index in [0.29, 0.717) is 18.8 Å². The highest BCUT2D eigenvalue weighted by molar-refractivity contribution is 7.10. The lowest BCUT2D eigenvalue weighted by molar-refractivity contribution is 0.0276. The molecule has 19 heavy (non-hydrogen) atoms. The predicted octanol–water partition coefficient (Wildman–Crippen LogP) is 2.75. The van der Waals surface area contributed by atoms with Crippen LogP contribution in [0.4, 0.5) is 8.78 Å². The number of nitrogens with zero attached hydrogens (tertiary/aromatic N) is 1. The molecule has 3 rings (SSSR count). The molecule has 2 heterocycles. The lowest BCUT2D eigenvalue weighted by atomic mass is 10.1. The molecule has 1 aliphatic heterocycles. The minimum atomic E-state index is -0.598. The van der Waals surface area contributed by atoms with E-state index in [2.05, 4.69) is 10.3 Å². The van der Waals surface area contributed by atoms with Gasteiger partial charge < -0.3 is 10.1 Å². The molecule has 6 heteroatoms. The molecule has 2 aromatic rings. The van der Waals surface area contributed by atoms with Crippen LogP contribution in [-0.4, -0.2) is 24.7 Å². The van der Waals surface area contributed by atoms with Crippen LogP contribution in [0, 0.1) is 11.6 Å². The van der Waals surface area contributed by atoms with Crippen molar-refractivity contribution in [2.75, 3.05) is 19.7 Å². The van der Waals surface area contributed by atoms with Crippen LogP contribution in [0.25, 0.3) is 11.3 Å². The normalized spacial score (nSPS) is 19.6. The van der Waals surface area contributed by atoms with Crippen LogP contribution in [0.15, 0.2) is 23.6 Å². The highest BCUT2D eigenvalue weighted by atomic mass is 32.1. The number of nitrogens with one attached hydrogen (secondary N) is 1. The molecule has 1 aromatic carbocycles. The number of ether oxygens (including phenoxy) is 1. The topological polar surface area (TPSA) is 34.1 Å². The summed E-state index contributed by atoms with van der Waals surface area (Å²) in [7, 11) is 0. The Morgan fingerprint density at radius 2 is 2.11 bits per heavy atom.